The molecule has 5 nitrogen and oxygen atoms in total. The van der Waals surface area contributed by atoms with E-state index in [0.29, 0.717) is 0 Å². The summed E-state index contributed by atoms with van der Waals surface area (Å²) in [6.45, 7) is 0. The van der Waals surface area contributed by atoms with Gasteiger partial charge in [-0.25, -0.2) is 9.18 Å². The van der Waals surface area contributed by atoms with Crippen LogP contribution in [0.5, 0.6) is 5.75 Å². The van der Waals surface area contributed by atoms with Crippen LogP contribution < -0.4 is 4.74 Å². The number of nitro groups is 1. The van der Waals surface area contributed by atoms with E-state index < -0.39 is 16.7 Å². The van der Waals surface area contributed by atoms with Crippen molar-refractivity contribution in [3.63, 3.8) is 0 Å². The van der Waals surface area contributed by atoms with Crippen LogP contribution >= 0.6 is 0 Å². The van der Waals surface area contributed by atoms with Crippen molar-refractivity contribution in [2.75, 3.05) is 0 Å². The van der Waals surface area contributed by atoms with Gasteiger partial charge in [0.25, 0.3) is 5.69 Å². The molecule has 0 bridgehead atoms. The molecule has 0 atom stereocenters. The predicted molar refractivity (Wildman–Crippen MR) is 64.5 cm³/mol. The average Bonchev–Trinajstić information content (AvgIpc) is 2.39. The van der Waals surface area contributed by atoms with Crippen LogP contribution in [0.1, 0.15) is 10.4 Å². The fourth-order valence-electron chi connectivity index (χ4n) is 1.44. The Kier molecular flexibility index (Phi) is 3.51. The summed E-state index contributed by atoms with van der Waals surface area (Å²) in [5.41, 5.74) is -0.156. The fourth-order valence-corrected chi connectivity index (χ4v) is 1.44. The average molecular weight is 261 g/mol. The summed E-state index contributed by atoms with van der Waals surface area (Å²) in [6.07, 6.45) is 0. The van der Waals surface area contributed by atoms with E-state index >= 15 is 0 Å². The highest BCUT2D eigenvalue weighted by Gasteiger charge is 2.12. The van der Waals surface area contributed by atoms with Gasteiger partial charge in [0.1, 0.15) is 11.6 Å². The number of ether oxygens (including phenoxy) is 1. The van der Waals surface area contributed by atoms with Crippen LogP contribution in [-0.4, -0.2) is 10.9 Å². The number of halogens is 1. The van der Waals surface area contributed by atoms with Crippen LogP contribution in [0.4, 0.5) is 10.1 Å². The van der Waals surface area contributed by atoms with Gasteiger partial charge in [-0.15, -0.1) is 0 Å². The minimum atomic E-state index is -0.778. The molecule has 96 valence electrons. The van der Waals surface area contributed by atoms with E-state index in [-0.39, 0.29) is 17.0 Å². The molecule has 0 fully saturated rings. The Balaban J connectivity index is 2.19. The zero-order valence-corrected chi connectivity index (χ0v) is 9.58. The highest BCUT2D eigenvalue weighted by Crippen LogP contribution is 2.20. The van der Waals surface area contributed by atoms with Crippen molar-refractivity contribution in [2.24, 2.45) is 0 Å². The maximum Gasteiger partial charge on any atom is 0.343 e. The number of nitro benzene ring substituents is 1. The lowest BCUT2D eigenvalue weighted by molar-refractivity contribution is -0.384. The molecule has 0 saturated heterocycles. The van der Waals surface area contributed by atoms with Gasteiger partial charge >= 0.3 is 5.97 Å². The Hall–Kier alpha value is -2.76. The van der Waals surface area contributed by atoms with Crippen molar-refractivity contribution in [1.29, 1.82) is 0 Å². The lowest BCUT2D eigenvalue weighted by Gasteiger charge is -2.04. The number of nitrogens with zero attached hydrogens (tertiary/aromatic N) is 1. The molecule has 0 radical (unpaired) electrons. The molecule has 2 aromatic rings. The van der Waals surface area contributed by atoms with Crippen molar-refractivity contribution in [3.8, 4) is 5.75 Å². The molecule has 0 amide bonds. The zero-order valence-electron chi connectivity index (χ0n) is 9.58. The summed E-state index contributed by atoms with van der Waals surface area (Å²) in [7, 11) is 0. The van der Waals surface area contributed by atoms with Crippen LogP contribution in [0.3, 0.4) is 0 Å². The van der Waals surface area contributed by atoms with Gasteiger partial charge in [-0.2, -0.15) is 0 Å². The molecule has 0 N–H and O–H groups in total. The van der Waals surface area contributed by atoms with E-state index in [1.54, 1.807) is 0 Å². The molecule has 0 aliphatic heterocycles. The molecule has 0 aliphatic carbocycles. The van der Waals surface area contributed by atoms with Gasteiger partial charge in [-0.3, -0.25) is 10.1 Å². The topological polar surface area (TPSA) is 69.4 Å². The quantitative estimate of drug-likeness (QED) is 0.368. The number of rotatable bonds is 3. The molecule has 6 heteroatoms. The van der Waals surface area contributed by atoms with E-state index in [4.69, 9.17) is 4.74 Å². The van der Waals surface area contributed by atoms with E-state index in [2.05, 4.69) is 0 Å². The third-order valence-corrected chi connectivity index (χ3v) is 2.30. The molecule has 19 heavy (non-hydrogen) atoms. The first-order chi connectivity index (χ1) is 9.06. The normalized spacial score (nSPS) is 9.95. The number of esters is 1. The van der Waals surface area contributed by atoms with E-state index in [1.807, 2.05) is 0 Å². The summed E-state index contributed by atoms with van der Waals surface area (Å²) in [5, 5.41) is 10.6. The molecular formula is C13H8FNO4. The summed E-state index contributed by atoms with van der Waals surface area (Å²) >= 11 is 0. The first-order valence-electron chi connectivity index (χ1n) is 5.28. The van der Waals surface area contributed by atoms with E-state index in [0.717, 1.165) is 12.1 Å². The smallest absolute Gasteiger partial charge is 0.343 e. The van der Waals surface area contributed by atoms with E-state index in [9.17, 15) is 19.3 Å². The van der Waals surface area contributed by atoms with Gasteiger partial charge in [-0.05, 0) is 24.3 Å². The standard InChI is InChI=1S/C13H8FNO4/c14-10-4-1-3-9(7-10)13(16)19-12-6-2-5-11(8-12)15(17)18/h1-8H. The van der Waals surface area contributed by atoms with Crippen molar-refractivity contribution >= 4 is 11.7 Å². The summed E-state index contributed by atoms with van der Waals surface area (Å²) < 4.78 is 17.9. The first-order valence-corrected chi connectivity index (χ1v) is 5.28. The van der Waals surface area contributed by atoms with E-state index in [1.165, 1.54) is 36.4 Å². The molecule has 0 aliphatic rings. The maximum absolute atomic E-state index is 12.9. The first kappa shape index (κ1) is 12.7. The maximum atomic E-state index is 12.9. The van der Waals surface area contributed by atoms with Gasteiger partial charge < -0.3 is 4.74 Å². The van der Waals surface area contributed by atoms with Crippen LogP contribution in [0.15, 0.2) is 48.5 Å². The number of non-ortho nitro benzene ring substituents is 1. The Bertz CT molecular complexity index is 642. The van der Waals surface area contributed by atoms with Crippen molar-refractivity contribution in [1.82, 2.24) is 0 Å². The summed E-state index contributed by atoms with van der Waals surface area (Å²) in [6, 6.07) is 10.2. The van der Waals surface area contributed by atoms with Gasteiger partial charge in [0, 0.05) is 6.07 Å². The number of hydrogen-bond donors (Lipinski definition) is 0. The van der Waals surface area contributed by atoms with Crippen LogP contribution in [0.2, 0.25) is 0 Å². The van der Waals surface area contributed by atoms with Gasteiger partial charge in [0.05, 0.1) is 16.6 Å². The molecule has 0 unspecified atom stereocenters. The lowest BCUT2D eigenvalue weighted by atomic mass is 10.2. The summed E-state index contributed by atoms with van der Waals surface area (Å²) in [5.74, 6) is -1.31. The highest BCUT2D eigenvalue weighted by atomic mass is 19.1. The second-order valence-corrected chi connectivity index (χ2v) is 3.65. The molecule has 0 aromatic heterocycles. The molecule has 0 heterocycles. The zero-order chi connectivity index (χ0) is 13.8. The largest absolute Gasteiger partial charge is 0.423 e. The van der Waals surface area contributed by atoms with Crippen LogP contribution in [0, 0.1) is 15.9 Å². The summed E-state index contributed by atoms with van der Waals surface area (Å²) in [4.78, 5) is 21.7. The van der Waals surface area contributed by atoms with Crippen LogP contribution in [-0.2, 0) is 0 Å². The number of hydrogen-bond acceptors (Lipinski definition) is 4. The predicted octanol–water partition coefficient (Wildman–Crippen LogP) is 2.95. The number of carbonyl (C=O) groups is 1. The monoisotopic (exact) mass is 261 g/mol. The Morgan fingerprint density at radius 1 is 1.16 bits per heavy atom. The van der Waals surface area contributed by atoms with Gasteiger partial charge in [0.15, 0.2) is 0 Å². The molecular weight excluding hydrogens is 253 g/mol. The van der Waals surface area contributed by atoms with Crippen LogP contribution in [0.25, 0.3) is 0 Å². The Labute approximate surface area is 107 Å². The highest BCUT2D eigenvalue weighted by molar-refractivity contribution is 5.91. The minimum Gasteiger partial charge on any atom is -0.423 e. The van der Waals surface area contributed by atoms with Crippen molar-refractivity contribution < 1.29 is 18.8 Å². The minimum absolute atomic E-state index is 0.0310. The second kappa shape index (κ2) is 5.26. The number of carbonyl (C=O) groups excluding carboxylic acids is 1. The Morgan fingerprint density at radius 3 is 2.58 bits per heavy atom. The Morgan fingerprint density at radius 2 is 1.89 bits per heavy atom. The number of benzene rings is 2. The fraction of sp³-hybridized carbons (Fsp3) is 0. The third kappa shape index (κ3) is 3.12. The third-order valence-electron chi connectivity index (χ3n) is 2.30. The molecule has 2 aromatic carbocycles. The molecule has 0 spiro atoms. The second-order valence-electron chi connectivity index (χ2n) is 3.65. The van der Waals surface area contributed by atoms with Crippen molar-refractivity contribution in [2.45, 2.75) is 0 Å². The SMILES string of the molecule is O=C(Oc1cccc([N+](=O)[O-])c1)c1cccc(F)c1. The van der Waals surface area contributed by atoms with Gasteiger partial charge in [0.2, 0.25) is 0 Å². The van der Waals surface area contributed by atoms with Gasteiger partial charge in [-0.1, -0.05) is 12.1 Å². The van der Waals surface area contributed by atoms with Crippen molar-refractivity contribution in [3.05, 3.63) is 70.0 Å². The lowest BCUT2D eigenvalue weighted by Crippen LogP contribution is -2.08. The molecule has 0 saturated carbocycles. The molecule has 2 rings (SSSR count).